The smallest absolute Gasteiger partial charge is 0.343 e. The predicted molar refractivity (Wildman–Crippen MR) is 155 cm³/mol. The van der Waals surface area contributed by atoms with Crippen LogP contribution >= 0.6 is 0 Å². The van der Waals surface area contributed by atoms with Gasteiger partial charge in [-0.1, -0.05) is 49.0 Å². The second-order valence-corrected chi connectivity index (χ2v) is 9.19. The van der Waals surface area contributed by atoms with E-state index in [2.05, 4.69) is 6.58 Å². The molecule has 0 saturated carbocycles. The first-order valence-corrected chi connectivity index (χ1v) is 13.1. The Hall–Kier alpha value is -5.17. The molecule has 0 bridgehead atoms. The minimum absolute atomic E-state index is 0.312. The maximum absolute atomic E-state index is 12.6. The monoisotopic (exact) mass is 550 g/mol. The second kappa shape index (κ2) is 14.3. The molecule has 7 heteroatoms. The third kappa shape index (κ3) is 8.66. The average Bonchev–Trinajstić information content (AvgIpc) is 3.00. The van der Waals surface area contributed by atoms with Gasteiger partial charge < -0.3 is 18.9 Å². The molecule has 4 rings (SSSR count). The van der Waals surface area contributed by atoms with Crippen LogP contribution < -0.4 is 14.2 Å². The van der Waals surface area contributed by atoms with Gasteiger partial charge in [0.1, 0.15) is 17.2 Å². The topological polar surface area (TPSA) is 88.1 Å². The number of benzene rings is 4. The van der Waals surface area contributed by atoms with Crippen molar-refractivity contribution in [2.45, 2.75) is 19.8 Å². The summed E-state index contributed by atoms with van der Waals surface area (Å²) in [5.41, 5.74) is 3.23. The van der Waals surface area contributed by atoms with E-state index in [4.69, 9.17) is 18.9 Å². The van der Waals surface area contributed by atoms with Gasteiger partial charge in [-0.25, -0.2) is 14.4 Å². The summed E-state index contributed by atoms with van der Waals surface area (Å²) in [6.07, 6.45) is 1.38. The van der Waals surface area contributed by atoms with Crippen LogP contribution in [0, 0.1) is 0 Å². The van der Waals surface area contributed by atoms with Gasteiger partial charge in [-0.05, 0) is 91.6 Å². The molecule has 0 saturated heterocycles. The first-order chi connectivity index (χ1) is 19.9. The summed E-state index contributed by atoms with van der Waals surface area (Å²) in [6, 6.07) is 29.9. The Kier molecular flexibility index (Phi) is 10.0. The Balaban J connectivity index is 1.21. The number of hydrogen-bond donors (Lipinski definition) is 0. The number of hydrogen-bond acceptors (Lipinski definition) is 7. The van der Waals surface area contributed by atoms with E-state index >= 15 is 0 Å². The van der Waals surface area contributed by atoms with E-state index in [1.807, 2.05) is 42.5 Å². The molecule has 41 heavy (non-hydrogen) atoms. The molecule has 0 amide bonds. The van der Waals surface area contributed by atoms with Crippen LogP contribution in [0.3, 0.4) is 0 Å². The standard InChI is InChI=1S/C34H30O7/c1-24(2)32(35)39-23-7-6-22-38-29-16-14-28(15-17-29)34(37)41-31-20-18-30(19-21-31)40-33(36)27-12-10-26(11-13-27)25-8-4-3-5-9-25/h3-5,8-21H,1,6-7,22-23H2,2H3. The normalized spacial score (nSPS) is 10.4. The SMILES string of the molecule is C=C(C)C(=O)OCCCCOc1ccc(C(=O)Oc2ccc(OC(=O)c3ccc(-c4ccccc4)cc3)cc2)cc1. The molecule has 4 aromatic rings. The number of rotatable bonds is 12. The quantitative estimate of drug-likeness (QED) is 0.0807. The molecule has 4 aromatic carbocycles. The molecule has 0 aliphatic heterocycles. The number of ether oxygens (including phenoxy) is 4. The Morgan fingerprint density at radius 1 is 0.585 bits per heavy atom. The van der Waals surface area contributed by atoms with Crippen LogP contribution in [0.5, 0.6) is 17.2 Å². The second-order valence-electron chi connectivity index (χ2n) is 9.19. The fourth-order valence-corrected chi connectivity index (χ4v) is 3.71. The van der Waals surface area contributed by atoms with E-state index in [0.29, 0.717) is 60.0 Å². The molecule has 208 valence electrons. The van der Waals surface area contributed by atoms with Crippen molar-refractivity contribution < 1.29 is 33.3 Å². The lowest BCUT2D eigenvalue weighted by molar-refractivity contribution is -0.139. The van der Waals surface area contributed by atoms with Crippen molar-refractivity contribution in [2.75, 3.05) is 13.2 Å². The van der Waals surface area contributed by atoms with Crippen molar-refractivity contribution in [2.24, 2.45) is 0 Å². The molecule has 0 fully saturated rings. The molecule has 0 spiro atoms. The van der Waals surface area contributed by atoms with E-state index < -0.39 is 17.9 Å². The number of esters is 3. The first kappa shape index (κ1) is 28.8. The van der Waals surface area contributed by atoms with Gasteiger partial charge in [0.2, 0.25) is 0 Å². The molecule has 0 aliphatic rings. The minimum Gasteiger partial charge on any atom is -0.494 e. The van der Waals surface area contributed by atoms with Crippen LogP contribution in [0.4, 0.5) is 0 Å². The molecular weight excluding hydrogens is 520 g/mol. The summed E-state index contributed by atoms with van der Waals surface area (Å²) in [5, 5.41) is 0. The largest absolute Gasteiger partial charge is 0.494 e. The zero-order valence-corrected chi connectivity index (χ0v) is 22.7. The van der Waals surface area contributed by atoms with Gasteiger partial charge in [0.05, 0.1) is 24.3 Å². The lowest BCUT2D eigenvalue weighted by Gasteiger charge is -2.09. The summed E-state index contributed by atoms with van der Waals surface area (Å²) in [6.45, 7) is 5.90. The van der Waals surface area contributed by atoms with E-state index in [1.54, 1.807) is 67.6 Å². The molecule has 0 unspecified atom stereocenters. The van der Waals surface area contributed by atoms with Crippen LogP contribution in [-0.4, -0.2) is 31.1 Å². The lowest BCUT2D eigenvalue weighted by Crippen LogP contribution is -2.10. The number of carbonyl (C=O) groups is 3. The van der Waals surface area contributed by atoms with Gasteiger partial charge in [0.25, 0.3) is 0 Å². The highest BCUT2D eigenvalue weighted by molar-refractivity contribution is 5.92. The summed E-state index contributed by atoms with van der Waals surface area (Å²) in [7, 11) is 0. The molecule has 7 nitrogen and oxygen atoms in total. The zero-order chi connectivity index (χ0) is 29.0. The third-order valence-electron chi connectivity index (χ3n) is 5.95. The van der Waals surface area contributed by atoms with Crippen LogP contribution in [0.1, 0.15) is 40.5 Å². The molecule has 0 N–H and O–H groups in total. The molecule has 0 atom stereocenters. The van der Waals surface area contributed by atoms with Crippen molar-refractivity contribution >= 4 is 17.9 Å². The highest BCUT2D eigenvalue weighted by Crippen LogP contribution is 2.22. The van der Waals surface area contributed by atoms with Gasteiger partial charge >= 0.3 is 17.9 Å². The molecule has 0 radical (unpaired) electrons. The summed E-state index contributed by atoms with van der Waals surface area (Å²) < 4.78 is 21.6. The van der Waals surface area contributed by atoms with E-state index in [-0.39, 0.29) is 0 Å². The Labute approximate surface area is 239 Å². The summed E-state index contributed by atoms with van der Waals surface area (Å²) in [4.78, 5) is 36.4. The Morgan fingerprint density at radius 3 is 1.59 bits per heavy atom. The van der Waals surface area contributed by atoms with Gasteiger partial charge in [0, 0.05) is 5.57 Å². The van der Waals surface area contributed by atoms with Crippen molar-refractivity contribution in [1.82, 2.24) is 0 Å². The summed E-state index contributed by atoms with van der Waals surface area (Å²) in [5.74, 6) is -0.149. The first-order valence-electron chi connectivity index (χ1n) is 13.1. The average molecular weight is 551 g/mol. The van der Waals surface area contributed by atoms with Crippen LogP contribution in [0.2, 0.25) is 0 Å². The number of unbranched alkanes of at least 4 members (excludes halogenated alkanes) is 1. The highest BCUT2D eigenvalue weighted by Gasteiger charge is 2.12. The van der Waals surface area contributed by atoms with Crippen LogP contribution in [0.15, 0.2) is 115 Å². The van der Waals surface area contributed by atoms with Gasteiger partial charge in [0.15, 0.2) is 0 Å². The molecule has 0 aliphatic carbocycles. The van der Waals surface area contributed by atoms with Crippen molar-refractivity contribution in [3.63, 3.8) is 0 Å². The van der Waals surface area contributed by atoms with Gasteiger partial charge in [-0.15, -0.1) is 0 Å². The van der Waals surface area contributed by atoms with Crippen molar-refractivity contribution in [3.05, 3.63) is 126 Å². The lowest BCUT2D eigenvalue weighted by atomic mass is 10.0. The fourth-order valence-electron chi connectivity index (χ4n) is 3.71. The van der Waals surface area contributed by atoms with Crippen LogP contribution in [0.25, 0.3) is 11.1 Å². The maximum atomic E-state index is 12.6. The third-order valence-corrected chi connectivity index (χ3v) is 5.95. The highest BCUT2D eigenvalue weighted by atomic mass is 16.5. The van der Waals surface area contributed by atoms with Crippen LogP contribution in [-0.2, 0) is 9.53 Å². The van der Waals surface area contributed by atoms with Crippen molar-refractivity contribution in [3.8, 4) is 28.4 Å². The van der Waals surface area contributed by atoms with E-state index in [1.165, 1.54) is 0 Å². The summed E-state index contributed by atoms with van der Waals surface area (Å²) >= 11 is 0. The van der Waals surface area contributed by atoms with Crippen molar-refractivity contribution in [1.29, 1.82) is 0 Å². The predicted octanol–water partition coefficient (Wildman–Crippen LogP) is 7.07. The number of carbonyl (C=O) groups excluding carboxylic acids is 3. The van der Waals surface area contributed by atoms with E-state index in [9.17, 15) is 14.4 Å². The molecular formula is C34H30O7. The Bertz CT molecular complexity index is 1470. The minimum atomic E-state index is -0.529. The molecule has 0 heterocycles. The maximum Gasteiger partial charge on any atom is 0.343 e. The molecule has 0 aromatic heterocycles. The zero-order valence-electron chi connectivity index (χ0n) is 22.7. The van der Waals surface area contributed by atoms with Gasteiger partial charge in [-0.2, -0.15) is 0 Å². The van der Waals surface area contributed by atoms with Gasteiger partial charge in [-0.3, -0.25) is 0 Å². The fraction of sp³-hybridized carbons (Fsp3) is 0.147. The van der Waals surface area contributed by atoms with E-state index in [0.717, 1.165) is 11.1 Å². The Morgan fingerprint density at radius 2 is 1.05 bits per heavy atom.